The van der Waals surface area contributed by atoms with Crippen molar-refractivity contribution in [1.82, 2.24) is 4.90 Å². The van der Waals surface area contributed by atoms with E-state index in [0.29, 0.717) is 12.3 Å². The molecule has 1 atom stereocenters. The van der Waals surface area contributed by atoms with Gasteiger partial charge in [-0.25, -0.2) is 0 Å². The summed E-state index contributed by atoms with van der Waals surface area (Å²) >= 11 is 9.87. The fourth-order valence-corrected chi connectivity index (χ4v) is 4.90. The highest BCUT2D eigenvalue weighted by atomic mass is 79.9. The van der Waals surface area contributed by atoms with Crippen molar-refractivity contribution in [2.75, 3.05) is 44.2 Å². The second kappa shape index (κ2) is 8.95. The largest absolute Gasteiger partial charge is 0.487 e. The van der Waals surface area contributed by atoms with Gasteiger partial charge in [0.15, 0.2) is 11.5 Å². The van der Waals surface area contributed by atoms with E-state index in [0.717, 1.165) is 59.1 Å². The van der Waals surface area contributed by atoms with Crippen LogP contribution in [-0.4, -0.2) is 61.0 Å². The Kier molecular flexibility index (Phi) is 6.49. The minimum absolute atomic E-state index is 0.234. The second-order valence-corrected chi connectivity index (χ2v) is 9.96. The molecular formula is C23H28BrClN2O3. The number of rotatable bonds is 6. The zero-order valence-electron chi connectivity index (χ0n) is 17.4. The first kappa shape index (κ1) is 21.8. The lowest BCUT2D eigenvalue weighted by molar-refractivity contribution is 0.0631. The Morgan fingerprint density at radius 2 is 1.93 bits per heavy atom. The monoisotopic (exact) mass is 494 g/mol. The Balaban J connectivity index is 1.29. The van der Waals surface area contributed by atoms with Gasteiger partial charge in [-0.05, 0) is 38.1 Å². The summed E-state index contributed by atoms with van der Waals surface area (Å²) in [5, 5.41) is 11.3. The fourth-order valence-electron chi connectivity index (χ4n) is 4.16. The molecule has 1 unspecified atom stereocenters. The summed E-state index contributed by atoms with van der Waals surface area (Å²) in [6, 6.07) is 11.9. The quantitative estimate of drug-likeness (QED) is 0.644. The average molecular weight is 496 g/mol. The number of hydrogen-bond acceptors (Lipinski definition) is 5. The van der Waals surface area contributed by atoms with Crippen molar-refractivity contribution in [3.8, 4) is 11.5 Å². The third-order valence-electron chi connectivity index (χ3n) is 5.56. The summed E-state index contributed by atoms with van der Waals surface area (Å²) in [7, 11) is 0. The van der Waals surface area contributed by atoms with Crippen molar-refractivity contribution in [3.05, 3.63) is 51.5 Å². The third kappa shape index (κ3) is 5.05. The van der Waals surface area contributed by atoms with E-state index in [9.17, 15) is 5.11 Å². The number of β-amino-alcohol motifs (C(OH)–C–C–N with tert-alkyl or cyclic N) is 1. The van der Waals surface area contributed by atoms with Gasteiger partial charge in [0.25, 0.3) is 0 Å². The Morgan fingerprint density at radius 3 is 2.67 bits per heavy atom. The topological polar surface area (TPSA) is 45.2 Å². The van der Waals surface area contributed by atoms with Crippen LogP contribution in [0.2, 0.25) is 5.02 Å². The number of aliphatic hydroxyl groups is 1. The number of benzene rings is 2. The molecule has 1 N–H and O–H groups in total. The highest BCUT2D eigenvalue weighted by Crippen LogP contribution is 2.43. The molecule has 30 heavy (non-hydrogen) atoms. The number of halogens is 2. The predicted octanol–water partition coefficient (Wildman–Crippen LogP) is 4.38. The molecule has 7 heteroatoms. The van der Waals surface area contributed by atoms with Gasteiger partial charge in [0, 0.05) is 49.2 Å². The van der Waals surface area contributed by atoms with Crippen LogP contribution in [0.25, 0.3) is 0 Å². The van der Waals surface area contributed by atoms with E-state index in [2.05, 4.69) is 51.7 Å². The molecule has 0 amide bonds. The number of nitrogens with zero attached hydrogens (tertiary/aromatic N) is 2. The van der Waals surface area contributed by atoms with Crippen LogP contribution in [0.5, 0.6) is 11.5 Å². The number of hydrogen-bond donors (Lipinski definition) is 1. The SMILES string of the molecule is CC1(C)Cc2cc(Br)cc(OCC(O)CN3CCN(c4ccccc4Cl)CC3)c2O1. The number of aliphatic hydroxyl groups excluding tert-OH is 1. The number of fused-ring (bicyclic) bond motifs is 1. The summed E-state index contributed by atoms with van der Waals surface area (Å²) in [6.07, 6.45) is 0.275. The van der Waals surface area contributed by atoms with Gasteiger partial charge in [-0.3, -0.25) is 4.90 Å². The summed E-state index contributed by atoms with van der Waals surface area (Å²) in [4.78, 5) is 4.57. The molecule has 0 radical (unpaired) electrons. The van der Waals surface area contributed by atoms with Gasteiger partial charge in [0.2, 0.25) is 0 Å². The van der Waals surface area contributed by atoms with Crippen molar-refractivity contribution in [2.24, 2.45) is 0 Å². The Hall–Kier alpha value is -1.47. The van der Waals surface area contributed by atoms with E-state index in [-0.39, 0.29) is 12.2 Å². The first-order valence-corrected chi connectivity index (χ1v) is 11.5. The van der Waals surface area contributed by atoms with Gasteiger partial charge in [-0.15, -0.1) is 0 Å². The van der Waals surface area contributed by atoms with Crippen LogP contribution in [0.3, 0.4) is 0 Å². The molecular weight excluding hydrogens is 468 g/mol. The molecule has 5 nitrogen and oxygen atoms in total. The van der Waals surface area contributed by atoms with E-state index in [1.54, 1.807) is 0 Å². The van der Waals surface area contributed by atoms with Crippen molar-refractivity contribution in [2.45, 2.75) is 32.0 Å². The lowest BCUT2D eigenvalue weighted by Gasteiger charge is -2.37. The van der Waals surface area contributed by atoms with Gasteiger partial charge in [0.05, 0.1) is 10.7 Å². The molecule has 1 fully saturated rings. The molecule has 0 spiro atoms. The molecule has 0 bridgehead atoms. The van der Waals surface area contributed by atoms with Crippen molar-refractivity contribution in [1.29, 1.82) is 0 Å². The van der Waals surface area contributed by atoms with Crippen molar-refractivity contribution in [3.63, 3.8) is 0 Å². The number of ether oxygens (including phenoxy) is 2. The van der Waals surface area contributed by atoms with Crippen LogP contribution in [0.1, 0.15) is 19.4 Å². The Morgan fingerprint density at radius 1 is 1.20 bits per heavy atom. The third-order valence-corrected chi connectivity index (χ3v) is 6.33. The van der Waals surface area contributed by atoms with Gasteiger partial charge >= 0.3 is 0 Å². The average Bonchev–Trinajstić information content (AvgIpc) is 3.01. The molecule has 0 aliphatic carbocycles. The standard InChI is InChI=1S/C23H28BrClN2O3/c1-23(2)13-16-11-17(24)12-21(22(16)30-23)29-15-18(28)14-26-7-9-27(10-8-26)20-6-4-3-5-19(20)25/h3-6,11-12,18,28H,7-10,13-15H2,1-2H3. The highest BCUT2D eigenvalue weighted by molar-refractivity contribution is 9.10. The molecule has 0 aromatic heterocycles. The van der Waals surface area contributed by atoms with Crippen molar-refractivity contribution >= 4 is 33.2 Å². The van der Waals surface area contributed by atoms with E-state index < -0.39 is 6.10 Å². The normalized spacial score (nSPS) is 19.3. The fraction of sp³-hybridized carbons (Fsp3) is 0.478. The predicted molar refractivity (Wildman–Crippen MR) is 124 cm³/mol. The van der Waals surface area contributed by atoms with Crippen LogP contribution in [-0.2, 0) is 6.42 Å². The Bertz CT molecular complexity index is 900. The highest BCUT2D eigenvalue weighted by Gasteiger charge is 2.33. The molecule has 1 saturated heterocycles. The number of para-hydroxylation sites is 1. The first-order valence-electron chi connectivity index (χ1n) is 10.3. The molecule has 2 aromatic rings. The minimum atomic E-state index is -0.569. The van der Waals surface area contributed by atoms with Crippen LogP contribution in [0.4, 0.5) is 5.69 Å². The maximum absolute atomic E-state index is 10.6. The molecule has 2 aromatic carbocycles. The molecule has 2 aliphatic rings. The molecule has 0 saturated carbocycles. The molecule has 4 rings (SSSR count). The zero-order valence-corrected chi connectivity index (χ0v) is 19.7. The van der Waals surface area contributed by atoms with E-state index >= 15 is 0 Å². The smallest absolute Gasteiger partial charge is 0.165 e. The first-order chi connectivity index (χ1) is 14.3. The summed E-state index contributed by atoms with van der Waals surface area (Å²) < 4.78 is 13.0. The van der Waals surface area contributed by atoms with Crippen LogP contribution < -0.4 is 14.4 Å². The molecule has 2 aliphatic heterocycles. The Labute approximate surface area is 191 Å². The van der Waals surface area contributed by atoms with Crippen LogP contribution in [0, 0.1) is 0 Å². The van der Waals surface area contributed by atoms with Gasteiger partial charge in [-0.1, -0.05) is 39.7 Å². The lowest BCUT2D eigenvalue weighted by Crippen LogP contribution is -2.49. The summed E-state index contributed by atoms with van der Waals surface area (Å²) in [5.74, 6) is 1.48. The summed E-state index contributed by atoms with van der Waals surface area (Å²) in [6.45, 7) is 8.50. The maximum Gasteiger partial charge on any atom is 0.165 e. The number of anilines is 1. The summed E-state index contributed by atoms with van der Waals surface area (Å²) in [5.41, 5.74) is 1.98. The molecule has 162 valence electrons. The van der Waals surface area contributed by atoms with Crippen LogP contribution in [0.15, 0.2) is 40.9 Å². The van der Waals surface area contributed by atoms with E-state index in [4.69, 9.17) is 21.1 Å². The van der Waals surface area contributed by atoms with Crippen LogP contribution >= 0.6 is 27.5 Å². The second-order valence-electron chi connectivity index (χ2n) is 8.63. The van der Waals surface area contributed by atoms with E-state index in [1.807, 2.05) is 24.3 Å². The van der Waals surface area contributed by atoms with Gasteiger partial charge < -0.3 is 19.5 Å². The maximum atomic E-state index is 10.6. The van der Waals surface area contributed by atoms with E-state index in [1.165, 1.54) is 0 Å². The van der Waals surface area contributed by atoms with Gasteiger partial charge in [0.1, 0.15) is 18.3 Å². The number of piperazine rings is 1. The lowest BCUT2D eigenvalue weighted by atomic mass is 10.0. The van der Waals surface area contributed by atoms with Gasteiger partial charge in [-0.2, -0.15) is 0 Å². The minimum Gasteiger partial charge on any atom is -0.487 e. The van der Waals surface area contributed by atoms with Crippen molar-refractivity contribution < 1.29 is 14.6 Å². The molecule has 2 heterocycles. The zero-order chi connectivity index (χ0) is 21.3.